The Balaban J connectivity index is 1.76. The van der Waals surface area contributed by atoms with E-state index in [1.54, 1.807) is 33.6 Å². The van der Waals surface area contributed by atoms with Gasteiger partial charge in [-0.3, -0.25) is 4.79 Å². The Bertz CT molecular complexity index is 813. The van der Waals surface area contributed by atoms with Gasteiger partial charge in [0.05, 0.1) is 33.2 Å². The first kappa shape index (κ1) is 20.8. The summed E-state index contributed by atoms with van der Waals surface area (Å²) >= 11 is 0. The van der Waals surface area contributed by atoms with Gasteiger partial charge in [0.2, 0.25) is 5.75 Å². The van der Waals surface area contributed by atoms with Crippen LogP contribution in [0, 0.1) is 0 Å². The molecule has 1 aromatic heterocycles. The number of aromatic nitrogens is 1. The van der Waals surface area contributed by atoms with Crippen LogP contribution in [0.15, 0.2) is 30.5 Å². The minimum atomic E-state index is 0.0101. The molecule has 3 rings (SSSR count). The molecule has 1 saturated heterocycles. The molecule has 1 N–H and O–H groups in total. The van der Waals surface area contributed by atoms with E-state index < -0.39 is 0 Å². The Morgan fingerprint density at radius 2 is 1.83 bits per heavy atom. The summed E-state index contributed by atoms with van der Waals surface area (Å²) in [7, 11) is 4.72. The van der Waals surface area contributed by atoms with Gasteiger partial charge in [0.1, 0.15) is 5.69 Å². The van der Waals surface area contributed by atoms with E-state index in [1.165, 1.54) is 6.42 Å². The second-order valence-electron chi connectivity index (χ2n) is 7.03. The number of likely N-dealkylation sites (tertiary alicyclic amines) is 1. The summed E-state index contributed by atoms with van der Waals surface area (Å²) in [6.07, 6.45) is 5.97. The molecule has 1 amide bonds. The maximum absolute atomic E-state index is 12.9. The van der Waals surface area contributed by atoms with E-state index in [2.05, 4.69) is 17.2 Å². The van der Waals surface area contributed by atoms with Gasteiger partial charge in [0.25, 0.3) is 5.91 Å². The Kier molecular flexibility index (Phi) is 6.80. The van der Waals surface area contributed by atoms with Crippen LogP contribution < -0.4 is 19.5 Å². The lowest BCUT2D eigenvalue weighted by Crippen LogP contribution is -2.43. The van der Waals surface area contributed by atoms with Gasteiger partial charge in [-0.1, -0.05) is 6.92 Å². The van der Waals surface area contributed by atoms with E-state index in [0.717, 1.165) is 37.2 Å². The highest BCUT2D eigenvalue weighted by molar-refractivity contribution is 5.92. The zero-order valence-corrected chi connectivity index (χ0v) is 17.5. The summed E-state index contributed by atoms with van der Waals surface area (Å²) in [5.41, 5.74) is 2.00. The third-order valence-electron chi connectivity index (χ3n) is 5.30. The Hall–Kier alpha value is -2.96. The summed E-state index contributed by atoms with van der Waals surface area (Å²) < 4.78 is 16.1. The van der Waals surface area contributed by atoms with Gasteiger partial charge in [-0.25, -0.2) is 4.98 Å². The summed E-state index contributed by atoms with van der Waals surface area (Å²) in [5.74, 6) is 1.66. The number of nitrogens with zero attached hydrogens (tertiary/aromatic N) is 2. The lowest BCUT2D eigenvalue weighted by molar-refractivity contribution is 0.0602. The minimum absolute atomic E-state index is 0.0101. The van der Waals surface area contributed by atoms with Crippen LogP contribution in [0.4, 0.5) is 11.4 Å². The van der Waals surface area contributed by atoms with Crippen molar-refractivity contribution in [2.75, 3.05) is 33.2 Å². The van der Waals surface area contributed by atoms with Crippen LogP contribution in [0.2, 0.25) is 0 Å². The number of carbonyl (C=O) groups excluding carboxylic acids is 1. The molecule has 0 spiro atoms. The van der Waals surface area contributed by atoms with E-state index in [1.807, 2.05) is 23.1 Å². The van der Waals surface area contributed by atoms with Gasteiger partial charge in [0, 0.05) is 30.4 Å². The van der Waals surface area contributed by atoms with Gasteiger partial charge in [-0.2, -0.15) is 0 Å². The third-order valence-corrected chi connectivity index (χ3v) is 5.30. The lowest BCUT2D eigenvalue weighted by Gasteiger charge is -2.35. The number of pyridine rings is 1. The quantitative estimate of drug-likeness (QED) is 0.750. The molecule has 1 atom stereocenters. The van der Waals surface area contributed by atoms with E-state index in [0.29, 0.717) is 29.0 Å². The van der Waals surface area contributed by atoms with Crippen LogP contribution in [-0.2, 0) is 0 Å². The number of hydrogen-bond acceptors (Lipinski definition) is 6. The molecule has 7 heteroatoms. The molecule has 156 valence electrons. The van der Waals surface area contributed by atoms with Crippen molar-refractivity contribution >= 4 is 17.3 Å². The van der Waals surface area contributed by atoms with Crippen LogP contribution in [0.3, 0.4) is 0 Å². The Morgan fingerprint density at radius 3 is 2.38 bits per heavy atom. The zero-order chi connectivity index (χ0) is 20.8. The first-order valence-electron chi connectivity index (χ1n) is 9.95. The maximum Gasteiger partial charge on any atom is 0.272 e. The topological polar surface area (TPSA) is 72.9 Å². The minimum Gasteiger partial charge on any atom is -0.493 e. The second-order valence-corrected chi connectivity index (χ2v) is 7.03. The predicted octanol–water partition coefficient (Wildman–Crippen LogP) is 4.26. The normalized spacial score (nSPS) is 16.3. The summed E-state index contributed by atoms with van der Waals surface area (Å²) in [5, 5.41) is 3.27. The number of piperidine rings is 1. The highest BCUT2D eigenvalue weighted by Crippen LogP contribution is 2.40. The number of ether oxygens (including phenoxy) is 3. The molecule has 2 heterocycles. The molecule has 1 unspecified atom stereocenters. The molecule has 1 aliphatic heterocycles. The van der Waals surface area contributed by atoms with Gasteiger partial charge in [-0.15, -0.1) is 0 Å². The molecule has 1 aromatic carbocycles. The molecule has 0 saturated carbocycles. The number of amides is 1. The molecule has 1 aliphatic rings. The number of methoxy groups -OCH3 is 3. The SMILES string of the molecule is CCC1CCCCN1C(=O)c1ccc(Nc2cc(OC)c(OC)c(OC)c2)cn1. The van der Waals surface area contributed by atoms with Gasteiger partial charge >= 0.3 is 0 Å². The van der Waals surface area contributed by atoms with Crippen LogP contribution in [0.5, 0.6) is 17.2 Å². The first-order chi connectivity index (χ1) is 14.1. The van der Waals surface area contributed by atoms with E-state index in [-0.39, 0.29) is 5.91 Å². The summed E-state index contributed by atoms with van der Waals surface area (Å²) in [6.45, 7) is 2.94. The molecule has 0 bridgehead atoms. The molecule has 29 heavy (non-hydrogen) atoms. The molecule has 0 radical (unpaired) electrons. The van der Waals surface area contributed by atoms with Crippen LogP contribution in [0.1, 0.15) is 43.1 Å². The number of hydrogen-bond donors (Lipinski definition) is 1. The number of benzene rings is 1. The molecule has 2 aromatic rings. The van der Waals surface area contributed by atoms with Crippen LogP contribution >= 0.6 is 0 Å². The van der Waals surface area contributed by atoms with Crippen molar-refractivity contribution in [3.63, 3.8) is 0 Å². The number of anilines is 2. The van der Waals surface area contributed by atoms with Crippen molar-refractivity contribution in [1.82, 2.24) is 9.88 Å². The average molecular weight is 399 g/mol. The summed E-state index contributed by atoms with van der Waals surface area (Å²) in [4.78, 5) is 19.2. The van der Waals surface area contributed by atoms with Crippen molar-refractivity contribution in [2.45, 2.75) is 38.6 Å². The molecular weight excluding hydrogens is 370 g/mol. The fraction of sp³-hybridized carbons (Fsp3) is 0.455. The predicted molar refractivity (Wildman–Crippen MR) is 113 cm³/mol. The van der Waals surface area contributed by atoms with E-state index in [4.69, 9.17) is 14.2 Å². The molecular formula is C22H29N3O4. The largest absolute Gasteiger partial charge is 0.493 e. The van der Waals surface area contributed by atoms with Crippen molar-refractivity contribution in [2.24, 2.45) is 0 Å². The van der Waals surface area contributed by atoms with Crippen molar-refractivity contribution in [3.8, 4) is 17.2 Å². The maximum atomic E-state index is 12.9. The van der Waals surface area contributed by atoms with Crippen LogP contribution in [0.25, 0.3) is 0 Å². The first-order valence-corrected chi connectivity index (χ1v) is 9.95. The lowest BCUT2D eigenvalue weighted by atomic mass is 9.99. The number of rotatable bonds is 7. The van der Waals surface area contributed by atoms with Crippen LogP contribution in [-0.4, -0.2) is 49.7 Å². The Labute approximate surface area is 172 Å². The highest BCUT2D eigenvalue weighted by Gasteiger charge is 2.26. The van der Waals surface area contributed by atoms with E-state index in [9.17, 15) is 4.79 Å². The highest BCUT2D eigenvalue weighted by atomic mass is 16.5. The monoisotopic (exact) mass is 399 g/mol. The third kappa shape index (κ3) is 4.55. The second kappa shape index (κ2) is 9.49. The number of carbonyl (C=O) groups is 1. The standard InChI is InChI=1S/C22H29N3O4/c1-5-17-8-6-7-11-25(17)22(26)18-10-9-15(14-23-18)24-16-12-19(27-2)21(29-4)20(13-16)28-3/h9-10,12-14,17,24H,5-8,11H2,1-4H3. The summed E-state index contributed by atoms with van der Waals surface area (Å²) in [6, 6.07) is 7.58. The Morgan fingerprint density at radius 1 is 1.10 bits per heavy atom. The molecule has 7 nitrogen and oxygen atoms in total. The zero-order valence-electron chi connectivity index (χ0n) is 17.5. The number of nitrogens with one attached hydrogen (secondary N) is 1. The van der Waals surface area contributed by atoms with Crippen molar-refractivity contribution < 1.29 is 19.0 Å². The fourth-order valence-corrected chi connectivity index (χ4v) is 3.75. The smallest absolute Gasteiger partial charge is 0.272 e. The van der Waals surface area contributed by atoms with Gasteiger partial charge in [-0.05, 0) is 37.8 Å². The van der Waals surface area contributed by atoms with Crippen molar-refractivity contribution in [3.05, 3.63) is 36.2 Å². The molecule has 0 aliphatic carbocycles. The van der Waals surface area contributed by atoms with Crippen molar-refractivity contribution in [1.29, 1.82) is 0 Å². The average Bonchev–Trinajstić information content (AvgIpc) is 2.78. The van der Waals surface area contributed by atoms with E-state index >= 15 is 0 Å². The molecule has 1 fully saturated rings. The van der Waals surface area contributed by atoms with Gasteiger partial charge < -0.3 is 24.4 Å². The van der Waals surface area contributed by atoms with Gasteiger partial charge in [0.15, 0.2) is 11.5 Å². The fourth-order valence-electron chi connectivity index (χ4n) is 3.75.